The van der Waals surface area contributed by atoms with Crippen LogP contribution in [-0.2, 0) is 18.7 Å². The zero-order valence-electron chi connectivity index (χ0n) is 26.4. The summed E-state index contributed by atoms with van der Waals surface area (Å²) in [6, 6.07) is 21.7. The molecule has 0 radical (unpaired) electrons. The summed E-state index contributed by atoms with van der Waals surface area (Å²) in [4.78, 5) is 11.7. The highest BCUT2D eigenvalue weighted by atomic mass is 28.4. The fourth-order valence-corrected chi connectivity index (χ4v) is 9.92. The molecule has 41 heavy (non-hydrogen) atoms. The second kappa shape index (κ2) is 17.9. The Morgan fingerprint density at radius 2 is 1.49 bits per heavy atom. The molecule has 2 aromatic carbocycles. The number of benzene rings is 2. The zero-order valence-corrected chi connectivity index (χ0v) is 27.4. The van der Waals surface area contributed by atoms with Crippen LogP contribution in [-0.4, -0.2) is 40.2 Å². The summed E-state index contributed by atoms with van der Waals surface area (Å²) in [7, 11) is -0.745. The van der Waals surface area contributed by atoms with E-state index in [4.69, 9.17) is 13.9 Å². The summed E-state index contributed by atoms with van der Waals surface area (Å²) in [5, 5.41) is 2.66. The first kappa shape index (κ1) is 34.5. The summed E-state index contributed by atoms with van der Waals surface area (Å²) in [5.74, 6) is -0.269. The number of rotatable bonds is 17. The lowest BCUT2D eigenvalue weighted by atomic mass is 10.1. The van der Waals surface area contributed by atoms with Crippen LogP contribution in [0.5, 0.6) is 0 Å². The fraction of sp³-hybridized carbons (Fsp3) is 0.472. The number of esters is 1. The van der Waals surface area contributed by atoms with E-state index < -0.39 is 8.32 Å². The van der Waals surface area contributed by atoms with Crippen molar-refractivity contribution in [2.45, 2.75) is 97.3 Å². The number of hydrogen-bond acceptors (Lipinski definition) is 4. The minimum absolute atomic E-state index is 0.00699. The van der Waals surface area contributed by atoms with Gasteiger partial charge in [-0.1, -0.05) is 112 Å². The van der Waals surface area contributed by atoms with Crippen molar-refractivity contribution in [3.63, 3.8) is 0 Å². The Morgan fingerprint density at radius 3 is 2.02 bits per heavy atom. The van der Waals surface area contributed by atoms with Crippen molar-refractivity contribution in [2.24, 2.45) is 0 Å². The Morgan fingerprint density at radius 1 is 0.902 bits per heavy atom. The topological polar surface area (TPSA) is 44.8 Å². The predicted octanol–water partition coefficient (Wildman–Crippen LogP) is 7.93. The molecule has 2 aromatic rings. The highest BCUT2D eigenvalue weighted by Crippen LogP contribution is 2.37. The molecule has 0 heterocycles. The van der Waals surface area contributed by atoms with Gasteiger partial charge in [0.25, 0.3) is 8.32 Å². The number of unbranched alkanes of at least 4 members (excludes halogenated alkanes) is 1. The molecular weight excluding hydrogens is 524 g/mol. The first-order chi connectivity index (χ1) is 19.7. The predicted molar refractivity (Wildman–Crippen MR) is 175 cm³/mol. The molecule has 0 saturated heterocycles. The van der Waals surface area contributed by atoms with Crippen LogP contribution in [0.25, 0.3) is 0 Å². The molecule has 5 heteroatoms. The van der Waals surface area contributed by atoms with Crippen LogP contribution in [0.3, 0.4) is 0 Å². The lowest BCUT2D eigenvalue weighted by Gasteiger charge is -2.44. The highest BCUT2D eigenvalue weighted by Gasteiger charge is 2.50. The van der Waals surface area contributed by atoms with Crippen molar-refractivity contribution in [3.8, 4) is 0 Å². The zero-order chi connectivity index (χ0) is 30.1. The SMILES string of the molecule is CCOC(=O)/C(C)=C/C=C/C[C@@H](CC/C=C/CCC[C@@H](C)O[Si](c1ccccc1)(c1ccccc1)C(C)(C)C)OC. The van der Waals surface area contributed by atoms with Gasteiger partial charge < -0.3 is 13.9 Å². The molecule has 4 nitrogen and oxygen atoms in total. The molecule has 0 aliphatic carbocycles. The summed E-state index contributed by atoms with van der Waals surface area (Å²) in [5.41, 5.74) is 0.603. The Hall–Kier alpha value is -2.73. The van der Waals surface area contributed by atoms with E-state index >= 15 is 0 Å². The van der Waals surface area contributed by atoms with Crippen molar-refractivity contribution in [3.05, 3.63) is 96.6 Å². The van der Waals surface area contributed by atoms with Crippen LogP contribution in [0.4, 0.5) is 0 Å². The van der Waals surface area contributed by atoms with Gasteiger partial charge in [-0.25, -0.2) is 4.79 Å². The smallest absolute Gasteiger partial charge is 0.333 e. The van der Waals surface area contributed by atoms with Crippen LogP contribution in [0.2, 0.25) is 5.04 Å². The van der Waals surface area contributed by atoms with Crippen LogP contribution in [0, 0.1) is 0 Å². The quantitative estimate of drug-likeness (QED) is 0.0479. The average Bonchev–Trinajstić information content (AvgIpc) is 2.96. The molecule has 2 atom stereocenters. The molecule has 0 N–H and O–H groups in total. The maximum Gasteiger partial charge on any atom is 0.333 e. The van der Waals surface area contributed by atoms with Gasteiger partial charge in [-0.05, 0) is 74.7 Å². The molecule has 0 aliphatic heterocycles. The van der Waals surface area contributed by atoms with Crippen LogP contribution >= 0.6 is 0 Å². The molecule has 224 valence electrons. The van der Waals surface area contributed by atoms with E-state index in [-0.39, 0.29) is 23.2 Å². The number of ether oxygens (including phenoxy) is 2. The van der Waals surface area contributed by atoms with Gasteiger partial charge in [0.2, 0.25) is 0 Å². The molecule has 0 fully saturated rings. The number of allylic oxidation sites excluding steroid dienone is 4. The van der Waals surface area contributed by atoms with Crippen molar-refractivity contribution in [1.29, 1.82) is 0 Å². The Balaban J connectivity index is 1.87. The Labute approximate surface area is 250 Å². The number of carbonyl (C=O) groups is 1. The van der Waals surface area contributed by atoms with Crippen LogP contribution in [0.15, 0.2) is 96.6 Å². The van der Waals surface area contributed by atoms with Gasteiger partial charge in [0, 0.05) is 18.8 Å². The van der Waals surface area contributed by atoms with Gasteiger partial charge >= 0.3 is 5.97 Å². The van der Waals surface area contributed by atoms with Crippen molar-refractivity contribution in [1.82, 2.24) is 0 Å². The van der Waals surface area contributed by atoms with E-state index in [9.17, 15) is 4.79 Å². The van der Waals surface area contributed by atoms with Crippen molar-refractivity contribution in [2.75, 3.05) is 13.7 Å². The lowest BCUT2D eigenvalue weighted by Crippen LogP contribution is -2.67. The molecule has 0 spiro atoms. The summed E-state index contributed by atoms with van der Waals surface area (Å²) in [6.45, 7) is 13.2. The van der Waals surface area contributed by atoms with Gasteiger partial charge in [0.1, 0.15) is 0 Å². The molecule has 0 saturated carbocycles. The third-order valence-electron chi connectivity index (χ3n) is 7.41. The second-order valence-corrected chi connectivity index (χ2v) is 15.9. The van der Waals surface area contributed by atoms with Crippen molar-refractivity contribution < 1.29 is 18.7 Å². The Bertz CT molecular complexity index is 1060. The van der Waals surface area contributed by atoms with E-state index in [2.05, 4.69) is 101 Å². The van der Waals surface area contributed by atoms with E-state index in [0.29, 0.717) is 12.2 Å². The molecule has 2 rings (SSSR count). The standard InChI is InChI=1S/C36H52O4Si/c1-8-39-35(37)30(2)22-20-21-25-32(38-7)24-15-11-9-10-14-23-31(3)40-41(36(4,5)6,33-26-16-12-17-27-33)34-28-18-13-19-29-34/h9,11-13,16-22,26-29,31-32H,8,10,14-15,23-25H2,1-7H3/b11-9+,21-20+,30-22+/t31-,32-/m1/s1. The minimum Gasteiger partial charge on any atom is -0.463 e. The van der Waals surface area contributed by atoms with Gasteiger partial charge in [-0.15, -0.1) is 0 Å². The molecule has 0 aromatic heterocycles. The number of methoxy groups -OCH3 is 1. The highest BCUT2D eigenvalue weighted by molar-refractivity contribution is 6.99. The summed E-state index contributed by atoms with van der Waals surface area (Å²) in [6.07, 6.45) is 16.6. The third-order valence-corrected chi connectivity index (χ3v) is 12.6. The van der Waals surface area contributed by atoms with E-state index in [1.54, 1.807) is 20.1 Å². The molecule has 0 bridgehead atoms. The number of carbonyl (C=O) groups excluding carboxylic acids is 1. The van der Waals surface area contributed by atoms with Crippen LogP contribution < -0.4 is 10.4 Å². The second-order valence-electron chi connectivity index (χ2n) is 11.7. The fourth-order valence-electron chi connectivity index (χ4n) is 5.18. The van der Waals surface area contributed by atoms with Crippen LogP contribution in [0.1, 0.15) is 80.1 Å². The van der Waals surface area contributed by atoms with Gasteiger partial charge in [-0.3, -0.25) is 0 Å². The third kappa shape index (κ3) is 10.9. The maximum atomic E-state index is 11.7. The van der Waals surface area contributed by atoms with E-state index in [1.165, 1.54) is 10.4 Å². The summed E-state index contributed by atoms with van der Waals surface area (Å²) < 4.78 is 17.8. The van der Waals surface area contributed by atoms with E-state index in [1.807, 2.05) is 19.1 Å². The molecular formula is C36H52O4Si. The summed E-state index contributed by atoms with van der Waals surface area (Å²) >= 11 is 0. The Kier molecular flexibility index (Phi) is 15.1. The molecule has 0 aliphatic rings. The van der Waals surface area contributed by atoms with Gasteiger partial charge in [0.15, 0.2) is 0 Å². The largest absolute Gasteiger partial charge is 0.463 e. The average molecular weight is 577 g/mol. The number of hydrogen-bond donors (Lipinski definition) is 0. The normalized spacial score (nSPS) is 14.5. The molecule has 0 amide bonds. The molecule has 0 unspecified atom stereocenters. The van der Waals surface area contributed by atoms with Gasteiger partial charge in [0.05, 0.1) is 12.7 Å². The van der Waals surface area contributed by atoms with Gasteiger partial charge in [-0.2, -0.15) is 0 Å². The minimum atomic E-state index is -2.50. The monoisotopic (exact) mass is 576 g/mol. The first-order valence-electron chi connectivity index (χ1n) is 15.1. The lowest BCUT2D eigenvalue weighted by molar-refractivity contribution is -0.138. The first-order valence-corrected chi connectivity index (χ1v) is 17.0. The van der Waals surface area contributed by atoms with Crippen molar-refractivity contribution >= 4 is 24.7 Å². The maximum absolute atomic E-state index is 11.7. The van der Waals surface area contributed by atoms with E-state index in [0.717, 1.165) is 38.5 Å².